The highest BCUT2D eigenvalue weighted by atomic mass is 32.2. The molecule has 8 heteroatoms. The number of aryl methyl sites for hydroxylation is 1. The summed E-state index contributed by atoms with van der Waals surface area (Å²) in [4.78, 5) is 27.8. The lowest BCUT2D eigenvalue weighted by Crippen LogP contribution is -2.31. The van der Waals surface area contributed by atoms with Crippen LogP contribution in [0.1, 0.15) is 43.4 Å². The Morgan fingerprint density at radius 2 is 1.56 bits per heavy atom. The van der Waals surface area contributed by atoms with Crippen LogP contribution in [0, 0.1) is 0 Å². The molecule has 0 spiro atoms. The molecule has 0 radical (unpaired) electrons. The van der Waals surface area contributed by atoms with Crippen LogP contribution in [0.3, 0.4) is 0 Å². The second-order valence-corrected chi connectivity index (χ2v) is 10.1. The molecule has 0 N–H and O–H groups in total. The van der Waals surface area contributed by atoms with E-state index in [1.807, 2.05) is 6.07 Å². The number of imide groups is 1. The first-order valence-electron chi connectivity index (χ1n) is 11.3. The molecule has 6 nitrogen and oxygen atoms in total. The van der Waals surface area contributed by atoms with Gasteiger partial charge < -0.3 is 4.57 Å². The van der Waals surface area contributed by atoms with E-state index >= 15 is 0 Å². The Hall–Kier alpha value is -3.23. The van der Waals surface area contributed by atoms with Gasteiger partial charge in [0.2, 0.25) is 0 Å². The molecule has 0 aliphatic carbocycles. The molecular weight excluding hydrogens is 464 g/mol. The van der Waals surface area contributed by atoms with Crippen LogP contribution >= 0.6 is 23.1 Å². The van der Waals surface area contributed by atoms with Crippen LogP contribution in [-0.4, -0.2) is 43.8 Å². The standard InChI is InChI=1S/C26H24N4O2S2/c31-24-21-11-4-5-12-22(21)25(32)30(24)14-7-17-34-26-28-27-23(18-20-10-6-16-33-20)29(26)15-13-19-8-2-1-3-9-19/h1-6,8-12,16H,7,13-15,17-18H2. The minimum Gasteiger partial charge on any atom is -0.305 e. The number of rotatable bonds is 10. The van der Waals surface area contributed by atoms with Crippen molar-refractivity contribution in [3.63, 3.8) is 0 Å². The predicted molar refractivity (Wildman–Crippen MR) is 134 cm³/mol. The summed E-state index contributed by atoms with van der Waals surface area (Å²) in [7, 11) is 0. The monoisotopic (exact) mass is 488 g/mol. The molecule has 2 aromatic carbocycles. The Labute approximate surface area is 206 Å². The number of hydrogen-bond acceptors (Lipinski definition) is 6. The summed E-state index contributed by atoms with van der Waals surface area (Å²) in [5.74, 6) is 1.31. The molecule has 0 saturated carbocycles. The molecular formula is C26H24N4O2S2. The first-order chi connectivity index (χ1) is 16.7. The number of carbonyl (C=O) groups excluding carboxylic acids is 2. The molecule has 1 aliphatic heterocycles. The Morgan fingerprint density at radius 1 is 0.824 bits per heavy atom. The minimum atomic E-state index is -0.199. The molecule has 0 saturated heterocycles. The van der Waals surface area contributed by atoms with E-state index in [2.05, 4.69) is 56.5 Å². The first-order valence-corrected chi connectivity index (χ1v) is 13.1. The van der Waals surface area contributed by atoms with E-state index in [9.17, 15) is 9.59 Å². The van der Waals surface area contributed by atoms with E-state index in [0.29, 0.717) is 24.1 Å². The number of thiophene rings is 1. The van der Waals surface area contributed by atoms with Crippen LogP contribution in [0.4, 0.5) is 0 Å². The molecule has 5 rings (SSSR count). The van der Waals surface area contributed by atoms with E-state index in [1.54, 1.807) is 47.4 Å². The largest absolute Gasteiger partial charge is 0.305 e. The van der Waals surface area contributed by atoms with Crippen molar-refractivity contribution < 1.29 is 9.59 Å². The van der Waals surface area contributed by atoms with Gasteiger partial charge in [0.25, 0.3) is 11.8 Å². The quantitative estimate of drug-likeness (QED) is 0.179. The Morgan fingerprint density at radius 3 is 2.26 bits per heavy atom. The maximum atomic E-state index is 12.6. The van der Waals surface area contributed by atoms with Gasteiger partial charge in [-0.25, -0.2) is 0 Å². The first kappa shape index (κ1) is 22.6. The van der Waals surface area contributed by atoms with Gasteiger partial charge in [-0.05, 0) is 42.0 Å². The van der Waals surface area contributed by atoms with Crippen LogP contribution in [0.15, 0.2) is 77.3 Å². The van der Waals surface area contributed by atoms with Gasteiger partial charge in [0.15, 0.2) is 5.16 Å². The van der Waals surface area contributed by atoms with Crippen LogP contribution < -0.4 is 0 Å². The highest BCUT2D eigenvalue weighted by Gasteiger charge is 2.34. The fourth-order valence-corrected chi connectivity index (χ4v) is 5.67. The second-order valence-electron chi connectivity index (χ2n) is 8.05. The second kappa shape index (κ2) is 10.4. The topological polar surface area (TPSA) is 68.1 Å². The molecule has 3 heterocycles. The molecule has 34 heavy (non-hydrogen) atoms. The highest BCUT2D eigenvalue weighted by Crippen LogP contribution is 2.25. The summed E-state index contributed by atoms with van der Waals surface area (Å²) in [6.07, 6.45) is 2.36. The molecule has 0 unspecified atom stereocenters. The number of hydrogen-bond donors (Lipinski definition) is 0. The Balaban J connectivity index is 1.23. The van der Waals surface area contributed by atoms with Gasteiger partial charge in [-0.2, -0.15) is 0 Å². The molecule has 172 valence electrons. The smallest absolute Gasteiger partial charge is 0.261 e. The lowest BCUT2D eigenvalue weighted by Gasteiger charge is -2.13. The summed E-state index contributed by atoms with van der Waals surface area (Å²) in [5.41, 5.74) is 2.28. The van der Waals surface area contributed by atoms with Crippen molar-refractivity contribution in [1.29, 1.82) is 0 Å². The minimum absolute atomic E-state index is 0.199. The van der Waals surface area contributed by atoms with Crippen LogP contribution in [-0.2, 0) is 19.4 Å². The summed E-state index contributed by atoms with van der Waals surface area (Å²) in [6.45, 7) is 1.21. The van der Waals surface area contributed by atoms with Gasteiger partial charge >= 0.3 is 0 Å². The van der Waals surface area contributed by atoms with Gasteiger partial charge in [-0.1, -0.05) is 60.3 Å². The fraction of sp³-hybridized carbons (Fsp3) is 0.231. The van der Waals surface area contributed by atoms with Crippen molar-refractivity contribution >= 4 is 34.9 Å². The summed E-state index contributed by atoms with van der Waals surface area (Å²) in [6, 6.07) is 21.6. The number of fused-ring (bicyclic) bond motifs is 1. The lowest BCUT2D eigenvalue weighted by atomic mass is 10.1. The van der Waals surface area contributed by atoms with Gasteiger partial charge in [-0.3, -0.25) is 14.5 Å². The summed E-state index contributed by atoms with van der Waals surface area (Å²) in [5, 5.41) is 11.9. The third-order valence-corrected chi connectivity index (χ3v) is 7.74. The molecule has 1 aliphatic rings. The molecule has 4 aromatic rings. The van der Waals surface area contributed by atoms with Crippen molar-refractivity contribution in [2.24, 2.45) is 0 Å². The van der Waals surface area contributed by atoms with Crippen LogP contribution in [0.25, 0.3) is 0 Å². The molecule has 0 atom stereocenters. The van der Waals surface area contributed by atoms with Crippen molar-refractivity contribution in [2.75, 3.05) is 12.3 Å². The van der Waals surface area contributed by atoms with Gasteiger partial charge in [0, 0.05) is 30.1 Å². The zero-order valence-electron chi connectivity index (χ0n) is 18.6. The number of carbonyl (C=O) groups is 2. The molecule has 2 amide bonds. The Kier molecular flexibility index (Phi) is 6.87. The fourth-order valence-electron chi connectivity index (χ4n) is 4.06. The van der Waals surface area contributed by atoms with E-state index in [4.69, 9.17) is 0 Å². The van der Waals surface area contributed by atoms with E-state index in [0.717, 1.165) is 36.1 Å². The molecule has 0 bridgehead atoms. The van der Waals surface area contributed by atoms with Crippen molar-refractivity contribution in [2.45, 2.75) is 31.0 Å². The third kappa shape index (κ3) is 4.83. The van der Waals surface area contributed by atoms with Gasteiger partial charge in [0.05, 0.1) is 11.1 Å². The Bertz CT molecular complexity index is 1250. The molecule has 0 fully saturated rings. The number of benzene rings is 2. The number of nitrogens with zero attached hydrogens (tertiary/aromatic N) is 4. The number of thioether (sulfide) groups is 1. The molecule has 2 aromatic heterocycles. The van der Waals surface area contributed by atoms with Crippen molar-refractivity contribution in [1.82, 2.24) is 19.7 Å². The third-order valence-electron chi connectivity index (χ3n) is 5.81. The van der Waals surface area contributed by atoms with E-state index < -0.39 is 0 Å². The summed E-state index contributed by atoms with van der Waals surface area (Å²) < 4.78 is 2.21. The zero-order valence-corrected chi connectivity index (χ0v) is 20.2. The average Bonchev–Trinajstić information content (AvgIpc) is 3.58. The van der Waals surface area contributed by atoms with Crippen LogP contribution in [0.2, 0.25) is 0 Å². The van der Waals surface area contributed by atoms with Crippen LogP contribution in [0.5, 0.6) is 0 Å². The lowest BCUT2D eigenvalue weighted by molar-refractivity contribution is 0.0655. The van der Waals surface area contributed by atoms with Gasteiger partial charge in [0.1, 0.15) is 5.82 Å². The predicted octanol–water partition coefficient (Wildman–Crippen LogP) is 4.95. The maximum absolute atomic E-state index is 12.6. The van der Waals surface area contributed by atoms with Crippen molar-refractivity contribution in [3.05, 3.63) is 99.5 Å². The van der Waals surface area contributed by atoms with Crippen molar-refractivity contribution in [3.8, 4) is 0 Å². The normalized spacial score (nSPS) is 13.0. The maximum Gasteiger partial charge on any atom is 0.261 e. The average molecular weight is 489 g/mol. The number of aromatic nitrogens is 3. The highest BCUT2D eigenvalue weighted by molar-refractivity contribution is 7.99. The zero-order chi connectivity index (χ0) is 23.3. The SMILES string of the molecule is O=C1c2ccccc2C(=O)N1CCCSc1nnc(Cc2cccs2)n1CCc1ccccc1. The number of amides is 2. The van der Waals surface area contributed by atoms with Gasteiger partial charge in [-0.15, -0.1) is 21.5 Å². The summed E-state index contributed by atoms with van der Waals surface area (Å²) >= 11 is 3.35. The van der Waals surface area contributed by atoms with E-state index in [-0.39, 0.29) is 11.8 Å². The van der Waals surface area contributed by atoms with E-state index in [1.165, 1.54) is 15.3 Å².